The van der Waals surface area contributed by atoms with E-state index in [1.54, 1.807) is 59.9 Å². The average Bonchev–Trinajstić information content (AvgIpc) is 3.23. The van der Waals surface area contributed by atoms with Crippen molar-refractivity contribution in [1.29, 1.82) is 0 Å². The minimum atomic E-state index is -1.27. The van der Waals surface area contributed by atoms with E-state index in [9.17, 15) is 29.4 Å². The molecule has 0 saturated heterocycles. The lowest BCUT2D eigenvalue weighted by Gasteiger charge is -2.16. The third-order valence-electron chi connectivity index (χ3n) is 7.34. The zero-order valence-corrected chi connectivity index (χ0v) is 36.6. The number of para-hydroxylation sites is 1. The topological polar surface area (TPSA) is 227 Å². The number of ether oxygens (including phenoxy) is 1. The molecule has 334 valence electrons. The molecular weight excluding hydrogens is 831 g/mol. The number of hydrogen-bond donors (Lipinski definition) is 8. The maximum absolute atomic E-state index is 11.9. The Morgan fingerprint density at radius 3 is 1.55 bits per heavy atom. The minimum absolute atomic E-state index is 0. The van der Waals surface area contributed by atoms with Crippen LogP contribution in [0, 0.1) is 0 Å². The first-order valence-electron chi connectivity index (χ1n) is 18.6. The van der Waals surface area contributed by atoms with Gasteiger partial charge < -0.3 is 40.4 Å². The number of carbonyl (C=O) groups is 4. The van der Waals surface area contributed by atoms with E-state index in [1.165, 1.54) is 12.1 Å². The molecule has 2 atom stereocenters. The number of aliphatic carboxylic acids is 2. The number of thioether (sulfide) groups is 2. The van der Waals surface area contributed by atoms with Crippen molar-refractivity contribution in [3.63, 3.8) is 0 Å². The number of hydrogen-bond acceptors (Lipinski definition) is 12. The number of carboxylic acid groups (broad SMARTS) is 2. The second-order valence-electron chi connectivity index (χ2n) is 14.2. The molecule has 0 aliphatic heterocycles. The number of carboxylic acids is 2. The lowest BCUT2D eigenvalue weighted by Crippen LogP contribution is -2.48. The number of urea groups is 1. The molecular formula is C45H59N7O8S2. The third kappa shape index (κ3) is 24.6. The molecule has 3 amide bonds. The maximum atomic E-state index is 11.9. The van der Waals surface area contributed by atoms with Gasteiger partial charge in [-0.15, -0.1) is 23.5 Å². The Kier molecular flexibility index (Phi) is 25.0. The van der Waals surface area contributed by atoms with Crippen LogP contribution in [-0.2, 0) is 22.4 Å². The van der Waals surface area contributed by atoms with E-state index < -0.39 is 36.1 Å². The van der Waals surface area contributed by atoms with Crippen LogP contribution < -0.4 is 42.6 Å². The van der Waals surface area contributed by atoms with Crippen molar-refractivity contribution in [2.75, 3.05) is 51.6 Å². The first-order valence-corrected chi connectivity index (χ1v) is 21.1. The predicted molar refractivity (Wildman–Crippen MR) is 248 cm³/mol. The van der Waals surface area contributed by atoms with Gasteiger partial charge in [0.25, 0.3) is 0 Å². The number of amides is 3. The van der Waals surface area contributed by atoms with Crippen LogP contribution in [0.25, 0.3) is 0 Å². The van der Waals surface area contributed by atoms with Crippen molar-refractivity contribution in [1.82, 2.24) is 16.2 Å². The highest BCUT2D eigenvalue weighted by molar-refractivity contribution is 7.98. The number of quaternary nitrogens is 1. The molecule has 0 bridgehead atoms. The van der Waals surface area contributed by atoms with Gasteiger partial charge in [-0.1, -0.05) is 68.1 Å². The summed E-state index contributed by atoms with van der Waals surface area (Å²) >= 11 is 3.29. The Labute approximate surface area is 373 Å². The molecule has 0 aliphatic carbocycles. The molecule has 0 spiro atoms. The Morgan fingerprint density at radius 1 is 0.677 bits per heavy atom. The molecule has 2 unspecified atom stereocenters. The molecule has 0 heterocycles. The maximum Gasteiger partial charge on any atom is 0.431 e. The molecule has 0 fully saturated rings. The summed E-state index contributed by atoms with van der Waals surface area (Å²) in [5, 5.41) is 30.9. The smallest absolute Gasteiger partial charge is 0.431 e. The quantitative estimate of drug-likeness (QED) is 0.0352. The van der Waals surface area contributed by atoms with Crippen molar-refractivity contribution in [2.24, 2.45) is 5.73 Å². The molecule has 9 N–H and O–H groups in total. The van der Waals surface area contributed by atoms with E-state index >= 15 is 0 Å². The Balaban J connectivity index is 0.000000452. The number of nitrogens with zero attached hydrogens (tertiary/aromatic N) is 1. The normalized spacial score (nSPS) is 11.0. The van der Waals surface area contributed by atoms with E-state index in [1.807, 2.05) is 97.4 Å². The summed E-state index contributed by atoms with van der Waals surface area (Å²) in [5.74, 6) is -1.71. The molecule has 62 heavy (non-hydrogen) atoms. The summed E-state index contributed by atoms with van der Waals surface area (Å²) in [4.78, 5) is 47.3. The zero-order chi connectivity index (χ0) is 45.2. The van der Waals surface area contributed by atoms with Crippen molar-refractivity contribution in [3.8, 4) is 11.5 Å². The van der Waals surface area contributed by atoms with Crippen LogP contribution in [0.2, 0.25) is 0 Å². The standard InChI is InChI=1S/C17H19N3O3S.C14H14N2O2S.C9H11NO3.C4H12N.CH4/c1-24-14-9-7-13(8-10-14)19-20-17(23)18-15(16(21)22)11-12-5-3-2-4-6-12;1-19-13-9-7-11(8-10-13)15-16-14(17)18-12-5-3-2-4-6-12;10-8(9(12)13)5-6-1-3-7(11)4-2-6;1-5(2,3)4;/h2-10,15,19H,11H2,1H3,(H,21,22)(H2,18,20,23);2-10,15H,1H3,(H,16,17);1-4,8,11H,5,10H2,(H,12,13);1-4H3;1H4/q;;;+1;/p-1. The number of carbonyl (C=O) groups excluding carboxylic acids is 3. The molecule has 0 aliphatic rings. The van der Waals surface area contributed by atoms with E-state index in [-0.39, 0.29) is 26.0 Å². The Bertz CT molecular complexity index is 2030. The van der Waals surface area contributed by atoms with Gasteiger partial charge in [-0.2, -0.15) is 0 Å². The first kappa shape index (κ1) is 53.6. The SMILES string of the molecule is C.CSc1ccc(NNC(=O)NC(Cc2ccccc2)C(=O)O)cc1.CSc1ccc(NNC(=O)Oc2ccccc2)cc1.C[N+](C)(C)C.NC(Cc1ccc(O)cc1)C(=O)[O-]. The highest BCUT2D eigenvalue weighted by atomic mass is 32.2. The molecule has 5 rings (SSSR count). The molecule has 0 aromatic heterocycles. The van der Waals surface area contributed by atoms with Crippen LogP contribution in [0.3, 0.4) is 0 Å². The van der Waals surface area contributed by atoms with Crippen LogP contribution in [-0.4, -0.2) is 91.5 Å². The lowest BCUT2D eigenvalue weighted by atomic mass is 10.1. The second-order valence-corrected chi connectivity index (χ2v) is 16.0. The van der Waals surface area contributed by atoms with Gasteiger partial charge in [0.1, 0.15) is 17.5 Å². The summed E-state index contributed by atoms with van der Waals surface area (Å²) in [5.41, 5.74) is 18.8. The molecule has 0 radical (unpaired) electrons. The highest BCUT2D eigenvalue weighted by Crippen LogP contribution is 2.18. The molecule has 0 saturated carbocycles. The van der Waals surface area contributed by atoms with Crippen LogP contribution in [0.4, 0.5) is 21.0 Å². The summed E-state index contributed by atoms with van der Waals surface area (Å²) in [6.07, 6.45) is 3.86. The lowest BCUT2D eigenvalue weighted by molar-refractivity contribution is -0.849. The van der Waals surface area contributed by atoms with Gasteiger partial charge in [0.15, 0.2) is 0 Å². The van der Waals surface area contributed by atoms with Gasteiger partial charge in [0.2, 0.25) is 0 Å². The number of rotatable bonds is 14. The summed E-state index contributed by atoms with van der Waals surface area (Å²) in [7, 11) is 8.50. The van der Waals surface area contributed by atoms with Gasteiger partial charge in [-0.05, 0) is 103 Å². The Morgan fingerprint density at radius 2 is 1.11 bits per heavy atom. The molecule has 5 aromatic carbocycles. The van der Waals surface area contributed by atoms with Gasteiger partial charge in [-0.25, -0.2) is 19.8 Å². The van der Waals surface area contributed by atoms with Crippen LogP contribution in [0.1, 0.15) is 18.6 Å². The van der Waals surface area contributed by atoms with Gasteiger partial charge in [0.05, 0.1) is 45.5 Å². The van der Waals surface area contributed by atoms with Gasteiger partial charge in [-0.3, -0.25) is 16.3 Å². The van der Waals surface area contributed by atoms with Crippen LogP contribution >= 0.6 is 23.5 Å². The number of hydrazine groups is 2. The van der Waals surface area contributed by atoms with E-state index in [4.69, 9.17) is 15.6 Å². The van der Waals surface area contributed by atoms with E-state index in [0.29, 0.717) is 11.4 Å². The predicted octanol–water partition coefficient (Wildman–Crippen LogP) is 6.22. The fourth-order valence-corrected chi connectivity index (χ4v) is 5.25. The van der Waals surface area contributed by atoms with Crippen molar-refractivity contribution >= 4 is 59.0 Å². The number of phenolic OH excluding ortho intramolecular Hbond substituents is 1. The number of anilines is 2. The summed E-state index contributed by atoms with van der Waals surface area (Å²) in [6, 6.07) is 36.8. The van der Waals surface area contributed by atoms with E-state index in [0.717, 1.165) is 31.1 Å². The molecule has 15 nitrogen and oxygen atoms in total. The summed E-state index contributed by atoms with van der Waals surface area (Å²) < 4.78 is 6.06. The van der Waals surface area contributed by atoms with Gasteiger partial charge in [0, 0.05) is 22.3 Å². The summed E-state index contributed by atoms with van der Waals surface area (Å²) in [6.45, 7) is 0. The number of nitrogens with one attached hydrogen (secondary N) is 5. The molecule has 5 aromatic rings. The van der Waals surface area contributed by atoms with Crippen molar-refractivity contribution < 1.29 is 43.7 Å². The van der Waals surface area contributed by atoms with Crippen molar-refractivity contribution in [3.05, 3.63) is 145 Å². The third-order valence-corrected chi connectivity index (χ3v) is 8.83. The number of aromatic hydroxyl groups is 1. The number of nitrogens with two attached hydrogens (primary N) is 1. The first-order chi connectivity index (χ1) is 28.9. The monoisotopic (exact) mass is 889 g/mol. The fraction of sp³-hybridized carbons (Fsp3) is 0.244. The van der Waals surface area contributed by atoms with Gasteiger partial charge >= 0.3 is 18.1 Å². The van der Waals surface area contributed by atoms with Crippen molar-refractivity contribution in [2.45, 2.75) is 42.1 Å². The largest absolute Gasteiger partial charge is 0.548 e. The highest BCUT2D eigenvalue weighted by Gasteiger charge is 2.20. The second kappa shape index (κ2) is 29.0. The zero-order valence-electron chi connectivity index (χ0n) is 35.0. The number of phenols is 1. The van der Waals surface area contributed by atoms with E-state index in [2.05, 4.69) is 55.2 Å². The average molecular weight is 890 g/mol. The fourth-order valence-electron chi connectivity index (χ4n) is 4.44. The van der Waals surface area contributed by atoms with Crippen LogP contribution in [0.5, 0.6) is 11.5 Å². The number of benzene rings is 5. The molecule has 17 heteroatoms. The minimum Gasteiger partial charge on any atom is -0.548 e. The Hall–Kier alpha value is -6.40. The van der Waals surface area contributed by atoms with Crippen LogP contribution in [0.15, 0.2) is 143 Å².